The standard InChI is InChI=1S/C19H23F2N3O3/c20-15-2-1-13(7-16(15)21)10-24-12-19(8-17(24)25)3-5-23(6-4-19)11-14-9-22-18(26)27-14/h1-2,7,14H,3-6,8-12H2,(H,22,26)/t14-/m0/s1. The van der Waals surface area contributed by atoms with Crippen LogP contribution in [0.4, 0.5) is 13.6 Å². The number of hydrogen-bond acceptors (Lipinski definition) is 4. The minimum atomic E-state index is -0.885. The molecule has 4 rings (SSSR count). The highest BCUT2D eigenvalue weighted by molar-refractivity contribution is 5.79. The zero-order chi connectivity index (χ0) is 19.0. The first-order valence-corrected chi connectivity index (χ1v) is 9.31. The Labute approximate surface area is 156 Å². The molecule has 146 valence electrons. The first kappa shape index (κ1) is 18.2. The SMILES string of the molecule is O=C1NC[C@@H](CN2CCC3(CC2)CC(=O)N(Cc2ccc(F)c(F)c2)C3)O1. The summed E-state index contributed by atoms with van der Waals surface area (Å²) in [5.41, 5.74) is 0.559. The average molecular weight is 379 g/mol. The van der Waals surface area contributed by atoms with Gasteiger partial charge in [-0.15, -0.1) is 0 Å². The van der Waals surface area contributed by atoms with E-state index in [0.717, 1.165) is 38.1 Å². The van der Waals surface area contributed by atoms with Crippen molar-refractivity contribution in [2.24, 2.45) is 5.41 Å². The van der Waals surface area contributed by atoms with E-state index in [9.17, 15) is 18.4 Å². The lowest BCUT2D eigenvalue weighted by molar-refractivity contribution is -0.128. The van der Waals surface area contributed by atoms with Crippen LogP contribution in [0.15, 0.2) is 18.2 Å². The summed E-state index contributed by atoms with van der Waals surface area (Å²) in [6, 6.07) is 3.79. The third-order valence-corrected chi connectivity index (χ3v) is 5.89. The van der Waals surface area contributed by atoms with E-state index < -0.39 is 11.6 Å². The van der Waals surface area contributed by atoms with Gasteiger partial charge < -0.3 is 15.0 Å². The Balaban J connectivity index is 1.32. The highest BCUT2D eigenvalue weighted by atomic mass is 19.2. The first-order chi connectivity index (χ1) is 12.9. The molecule has 3 fully saturated rings. The Morgan fingerprint density at radius 1 is 1.19 bits per heavy atom. The molecule has 0 radical (unpaired) electrons. The topological polar surface area (TPSA) is 61.9 Å². The number of cyclic esters (lactones) is 1. The summed E-state index contributed by atoms with van der Waals surface area (Å²) in [6.07, 6.45) is 1.84. The van der Waals surface area contributed by atoms with Crippen molar-refractivity contribution in [3.63, 3.8) is 0 Å². The Kier molecular flexibility index (Phi) is 4.75. The van der Waals surface area contributed by atoms with Crippen molar-refractivity contribution >= 4 is 12.0 Å². The minimum absolute atomic E-state index is 0.0449. The fourth-order valence-corrected chi connectivity index (χ4v) is 4.35. The maximum absolute atomic E-state index is 13.4. The number of carbonyl (C=O) groups is 2. The van der Waals surface area contributed by atoms with Crippen molar-refractivity contribution < 1.29 is 23.1 Å². The molecule has 3 saturated heterocycles. The van der Waals surface area contributed by atoms with Gasteiger partial charge in [0.1, 0.15) is 6.10 Å². The Bertz CT molecular complexity index is 750. The van der Waals surface area contributed by atoms with Crippen LogP contribution in [0.2, 0.25) is 0 Å². The lowest BCUT2D eigenvalue weighted by Gasteiger charge is -2.39. The van der Waals surface area contributed by atoms with Gasteiger partial charge >= 0.3 is 6.09 Å². The summed E-state index contributed by atoms with van der Waals surface area (Å²) in [5, 5.41) is 2.66. The predicted molar refractivity (Wildman–Crippen MR) is 92.8 cm³/mol. The van der Waals surface area contributed by atoms with Gasteiger partial charge in [-0.1, -0.05) is 6.07 Å². The van der Waals surface area contributed by atoms with E-state index in [1.54, 1.807) is 4.90 Å². The summed E-state index contributed by atoms with van der Waals surface area (Å²) in [4.78, 5) is 27.6. The van der Waals surface area contributed by atoms with Crippen LogP contribution in [-0.4, -0.2) is 60.6 Å². The van der Waals surface area contributed by atoms with Crippen LogP contribution in [0.25, 0.3) is 0 Å². The molecular formula is C19H23F2N3O3. The Hall–Kier alpha value is -2.22. The smallest absolute Gasteiger partial charge is 0.407 e. The number of rotatable bonds is 4. The van der Waals surface area contributed by atoms with Crippen LogP contribution < -0.4 is 5.32 Å². The molecule has 3 heterocycles. The maximum atomic E-state index is 13.4. The third kappa shape index (κ3) is 3.90. The lowest BCUT2D eigenvalue weighted by atomic mass is 9.77. The molecule has 1 N–H and O–H groups in total. The van der Waals surface area contributed by atoms with Gasteiger partial charge in [-0.05, 0) is 49.0 Å². The number of likely N-dealkylation sites (tertiary alicyclic amines) is 2. The van der Waals surface area contributed by atoms with E-state index in [1.807, 2.05) is 0 Å². The Morgan fingerprint density at radius 2 is 1.96 bits per heavy atom. The number of hydrogen-bond donors (Lipinski definition) is 1. The fourth-order valence-electron chi connectivity index (χ4n) is 4.35. The van der Waals surface area contributed by atoms with Crippen molar-refractivity contribution in [1.82, 2.24) is 15.1 Å². The van der Waals surface area contributed by atoms with E-state index >= 15 is 0 Å². The highest BCUT2D eigenvalue weighted by Gasteiger charge is 2.45. The molecule has 1 spiro atoms. The van der Waals surface area contributed by atoms with Crippen LogP contribution in [0.1, 0.15) is 24.8 Å². The van der Waals surface area contributed by atoms with Crippen LogP contribution in [0, 0.1) is 17.0 Å². The monoisotopic (exact) mass is 379 g/mol. The van der Waals surface area contributed by atoms with Crippen LogP contribution in [0.5, 0.6) is 0 Å². The van der Waals surface area contributed by atoms with Gasteiger partial charge in [-0.25, -0.2) is 13.6 Å². The summed E-state index contributed by atoms with van der Waals surface area (Å²) in [5.74, 6) is -1.69. The van der Waals surface area contributed by atoms with E-state index in [0.29, 0.717) is 38.2 Å². The minimum Gasteiger partial charge on any atom is -0.443 e. The van der Waals surface area contributed by atoms with Gasteiger partial charge in [0.25, 0.3) is 0 Å². The van der Waals surface area contributed by atoms with E-state index in [4.69, 9.17) is 4.74 Å². The lowest BCUT2D eigenvalue weighted by Crippen LogP contribution is -2.44. The second kappa shape index (κ2) is 7.07. The van der Waals surface area contributed by atoms with Crippen molar-refractivity contribution in [1.29, 1.82) is 0 Å². The summed E-state index contributed by atoms with van der Waals surface area (Å²) in [7, 11) is 0. The largest absolute Gasteiger partial charge is 0.443 e. The van der Waals surface area contributed by atoms with Gasteiger partial charge in [-0.2, -0.15) is 0 Å². The molecular weight excluding hydrogens is 356 g/mol. The molecule has 0 saturated carbocycles. The molecule has 0 aliphatic carbocycles. The quantitative estimate of drug-likeness (QED) is 0.868. The van der Waals surface area contributed by atoms with Gasteiger partial charge in [0.2, 0.25) is 5.91 Å². The predicted octanol–water partition coefficient (Wildman–Crippen LogP) is 1.89. The highest BCUT2D eigenvalue weighted by Crippen LogP contribution is 2.41. The number of alkyl carbamates (subject to hydrolysis) is 1. The molecule has 27 heavy (non-hydrogen) atoms. The number of halogens is 2. The van der Waals surface area contributed by atoms with Crippen molar-refractivity contribution in [3.05, 3.63) is 35.4 Å². The van der Waals surface area contributed by atoms with Gasteiger partial charge in [0.05, 0.1) is 6.54 Å². The summed E-state index contributed by atoms with van der Waals surface area (Å²) < 4.78 is 31.7. The molecule has 1 aromatic rings. The molecule has 0 aromatic heterocycles. The molecule has 6 nitrogen and oxygen atoms in total. The fraction of sp³-hybridized carbons (Fsp3) is 0.579. The number of nitrogens with zero attached hydrogens (tertiary/aromatic N) is 2. The number of benzene rings is 1. The molecule has 0 unspecified atom stereocenters. The molecule has 8 heteroatoms. The first-order valence-electron chi connectivity index (χ1n) is 9.31. The van der Waals surface area contributed by atoms with Crippen molar-refractivity contribution in [2.75, 3.05) is 32.7 Å². The van der Waals surface area contributed by atoms with Crippen LogP contribution >= 0.6 is 0 Å². The molecule has 3 aliphatic rings. The van der Waals surface area contributed by atoms with Crippen molar-refractivity contribution in [3.8, 4) is 0 Å². The van der Waals surface area contributed by atoms with E-state index in [1.165, 1.54) is 6.07 Å². The van der Waals surface area contributed by atoms with Gasteiger partial charge in [-0.3, -0.25) is 9.69 Å². The second-order valence-electron chi connectivity index (χ2n) is 7.88. The van der Waals surface area contributed by atoms with E-state index in [2.05, 4.69) is 10.2 Å². The van der Waals surface area contributed by atoms with Crippen LogP contribution in [-0.2, 0) is 16.1 Å². The number of amides is 2. The molecule has 1 atom stereocenters. The number of carbonyl (C=O) groups excluding carboxylic acids is 2. The zero-order valence-corrected chi connectivity index (χ0v) is 15.0. The van der Waals surface area contributed by atoms with Gasteiger partial charge in [0, 0.05) is 26.1 Å². The summed E-state index contributed by atoms with van der Waals surface area (Å²) >= 11 is 0. The molecule has 2 amide bonds. The number of nitrogens with one attached hydrogen (secondary N) is 1. The normalized spacial score (nSPS) is 25.1. The van der Waals surface area contributed by atoms with Crippen molar-refractivity contribution in [2.45, 2.75) is 31.9 Å². The third-order valence-electron chi connectivity index (χ3n) is 5.89. The number of ether oxygens (including phenoxy) is 1. The Morgan fingerprint density at radius 3 is 2.63 bits per heavy atom. The number of piperidine rings is 1. The molecule has 3 aliphatic heterocycles. The maximum Gasteiger partial charge on any atom is 0.407 e. The molecule has 1 aromatic carbocycles. The molecule has 0 bridgehead atoms. The van der Waals surface area contributed by atoms with E-state index in [-0.39, 0.29) is 23.5 Å². The second-order valence-corrected chi connectivity index (χ2v) is 7.88. The van der Waals surface area contributed by atoms with Crippen LogP contribution in [0.3, 0.4) is 0 Å². The zero-order valence-electron chi connectivity index (χ0n) is 15.0. The van der Waals surface area contributed by atoms with Gasteiger partial charge in [0.15, 0.2) is 11.6 Å². The average Bonchev–Trinajstić information content (AvgIpc) is 3.17. The summed E-state index contributed by atoms with van der Waals surface area (Å²) in [6.45, 7) is 3.94.